The molecule has 0 radical (unpaired) electrons. The first-order chi connectivity index (χ1) is 10.1. The lowest BCUT2D eigenvalue weighted by atomic mass is 9.96. The van der Waals surface area contributed by atoms with Gasteiger partial charge in [-0.25, -0.2) is 8.42 Å². The van der Waals surface area contributed by atoms with Crippen molar-refractivity contribution in [3.05, 3.63) is 11.7 Å². The molecular formula is C14H23N3O4S. The third kappa shape index (κ3) is 4.28. The minimum Gasteiger partial charge on any atom is -0.339 e. The van der Waals surface area contributed by atoms with Crippen LogP contribution in [0.3, 0.4) is 0 Å². The lowest BCUT2D eigenvalue weighted by Gasteiger charge is -2.19. The summed E-state index contributed by atoms with van der Waals surface area (Å²) in [6, 6.07) is 0.212. The average Bonchev–Trinajstić information content (AvgIpc) is 3.06. The van der Waals surface area contributed by atoms with Gasteiger partial charge in [0.15, 0.2) is 15.7 Å². The quantitative estimate of drug-likeness (QED) is 0.781. The van der Waals surface area contributed by atoms with Gasteiger partial charge >= 0.3 is 0 Å². The number of carbonyl (C=O) groups excluding carboxylic acids is 1. The van der Waals surface area contributed by atoms with Crippen molar-refractivity contribution in [2.45, 2.75) is 57.7 Å². The van der Waals surface area contributed by atoms with Crippen LogP contribution in [-0.2, 0) is 25.8 Å². The van der Waals surface area contributed by atoms with Crippen LogP contribution in [0.2, 0.25) is 0 Å². The summed E-state index contributed by atoms with van der Waals surface area (Å²) in [6.45, 7) is 8.13. The van der Waals surface area contributed by atoms with Crippen LogP contribution < -0.4 is 0 Å². The standard InChI is InChI=1S/C14H23N3O4S/c1-5-17(10-6-7-10)12(18)9-22(19,20)8-11-15-13(16-21-11)14(2,3)4/h10H,5-9H2,1-4H3. The molecule has 0 atom stereocenters. The van der Waals surface area contributed by atoms with E-state index in [0.717, 1.165) is 12.8 Å². The summed E-state index contributed by atoms with van der Waals surface area (Å²) >= 11 is 0. The second-order valence-electron chi connectivity index (χ2n) is 6.70. The van der Waals surface area contributed by atoms with Crippen molar-refractivity contribution in [2.75, 3.05) is 12.3 Å². The van der Waals surface area contributed by atoms with Crippen LogP contribution >= 0.6 is 0 Å². The Morgan fingerprint density at radius 2 is 2.00 bits per heavy atom. The molecule has 1 aliphatic carbocycles. The summed E-state index contributed by atoms with van der Waals surface area (Å²) in [5.41, 5.74) is -0.313. The molecule has 8 heteroatoms. The van der Waals surface area contributed by atoms with Crippen LogP contribution in [0.5, 0.6) is 0 Å². The van der Waals surface area contributed by atoms with Gasteiger partial charge in [0.25, 0.3) is 0 Å². The van der Waals surface area contributed by atoms with E-state index in [0.29, 0.717) is 12.4 Å². The molecule has 1 amide bonds. The van der Waals surface area contributed by atoms with Gasteiger partial charge in [-0.1, -0.05) is 25.9 Å². The predicted molar refractivity (Wildman–Crippen MR) is 80.9 cm³/mol. The highest BCUT2D eigenvalue weighted by Gasteiger charge is 2.34. The third-order valence-electron chi connectivity index (χ3n) is 3.47. The van der Waals surface area contributed by atoms with E-state index in [1.54, 1.807) is 4.90 Å². The molecule has 1 aromatic rings. The first kappa shape index (κ1) is 16.9. The minimum absolute atomic E-state index is 0.0344. The van der Waals surface area contributed by atoms with Crippen molar-refractivity contribution in [3.8, 4) is 0 Å². The van der Waals surface area contributed by atoms with Crippen LogP contribution in [-0.4, -0.2) is 47.7 Å². The Morgan fingerprint density at radius 3 is 2.45 bits per heavy atom. The van der Waals surface area contributed by atoms with Gasteiger partial charge in [-0.15, -0.1) is 0 Å². The second kappa shape index (κ2) is 5.98. The summed E-state index contributed by atoms with van der Waals surface area (Å²) in [5.74, 6) is -0.765. The zero-order chi connectivity index (χ0) is 16.5. The Labute approximate surface area is 131 Å². The monoisotopic (exact) mass is 329 g/mol. The summed E-state index contributed by atoms with van der Waals surface area (Å²) in [5, 5.41) is 3.79. The first-order valence-electron chi connectivity index (χ1n) is 7.45. The maximum absolute atomic E-state index is 12.2. The molecule has 0 aromatic carbocycles. The van der Waals surface area contributed by atoms with Crippen LogP contribution in [0.1, 0.15) is 52.3 Å². The number of carbonyl (C=O) groups is 1. The van der Waals surface area contributed by atoms with E-state index in [1.165, 1.54) is 0 Å². The van der Waals surface area contributed by atoms with Crippen LogP contribution in [0.4, 0.5) is 0 Å². The zero-order valence-corrected chi connectivity index (χ0v) is 14.3. The number of hydrogen-bond acceptors (Lipinski definition) is 6. The summed E-state index contributed by atoms with van der Waals surface area (Å²) in [7, 11) is -3.61. The lowest BCUT2D eigenvalue weighted by molar-refractivity contribution is -0.128. The van der Waals surface area contributed by atoms with E-state index in [2.05, 4.69) is 10.1 Å². The van der Waals surface area contributed by atoms with E-state index in [4.69, 9.17) is 4.52 Å². The summed E-state index contributed by atoms with van der Waals surface area (Å²) in [4.78, 5) is 17.8. The number of sulfone groups is 1. The molecule has 1 fully saturated rings. The molecule has 0 bridgehead atoms. The van der Waals surface area contributed by atoms with Gasteiger partial charge in [0.1, 0.15) is 11.5 Å². The molecule has 0 aliphatic heterocycles. The molecule has 1 aromatic heterocycles. The van der Waals surface area contributed by atoms with Gasteiger partial charge in [0.05, 0.1) is 0 Å². The highest BCUT2D eigenvalue weighted by Crippen LogP contribution is 2.27. The average molecular weight is 329 g/mol. The van der Waals surface area contributed by atoms with Gasteiger partial charge in [-0.05, 0) is 19.8 Å². The molecule has 22 heavy (non-hydrogen) atoms. The molecule has 1 saturated carbocycles. The molecule has 0 saturated heterocycles. The Hall–Kier alpha value is -1.44. The summed E-state index contributed by atoms with van der Waals surface area (Å²) < 4.78 is 29.3. The van der Waals surface area contributed by atoms with Gasteiger partial charge in [0.2, 0.25) is 11.8 Å². The van der Waals surface area contributed by atoms with Crippen molar-refractivity contribution >= 4 is 15.7 Å². The molecule has 0 spiro atoms. The number of rotatable bonds is 6. The lowest BCUT2D eigenvalue weighted by Crippen LogP contribution is -2.37. The van der Waals surface area contributed by atoms with Crippen molar-refractivity contribution in [3.63, 3.8) is 0 Å². The van der Waals surface area contributed by atoms with Gasteiger partial charge in [-0.2, -0.15) is 4.98 Å². The Bertz CT molecular complexity index is 641. The van der Waals surface area contributed by atoms with Crippen LogP contribution in [0.15, 0.2) is 4.52 Å². The van der Waals surface area contributed by atoms with E-state index in [9.17, 15) is 13.2 Å². The van der Waals surface area contributed by atoms with E-state index in [-0.39, 0.29) is 23.3 Å². The first-order valence-corrected chi connectivity index (χ1v) is 9.27. The van der Waals surface area contributed by atoms with Gasteiger partial charge in [-0.3, -0.25) is 4.79 Å². The third-order valence-corrected chi connectivity index (χ3v) is 4.85. The Kier molecular flexibility index (Phi) is 4.60. The predicted octanol–water partition coefficient (Wildman–Crippen LogP) is 1.29. The fourth-order valence-electron chi connectivity index (χ4n) is 2.15. The second-order valence-corrected chi connectivity index (χ2v) is 8.77. The molecule has 2 rings (SSSR count). The van der Waals surface area contributed by atoms with E-state index in [1.807, 2.05) is 27.7 Å². The number of hydrogen-bond donors (Lipinski definition) is 0. The molecule has 7 nitrogen and oxygen atoms in total. The number of nitrogens with zero attached hydrogens (tertiary/aromatic N) is 3. The molecular weight excluding hydrogens is 306 g/mol. The normalized spacial score (nSPS) is 15.8. The maximum atomic E-state index is 12.2. The molecule has 1 aliphatic rings. The number of aromatic nitrogens is 2. The zero-order valence-electron chi connectivity index (χ0n) is 13.5. The fraction of sp³-hybridized carbons (Fsp3) is 0.786. The minimum atomic E-state index is -3.61. The van der Waals surface area contributed by atoms with Crippen molar-refractivity contribution in [1.82, 2.24) is 15.0 Å². The number of amides is 1. The van der Waals surface area contributed by atoms with Crippen molar-refractivity contribution in [2.24, 2.45) is 0 Å². The Balaban J connectivity index is 2.01. The molecule has 124 valence electrons. The highest BCUT2D eigenvalue weighted by molar-refractivity contribution is 7.91. The SMILES string of the molecule is CCN(C(=O)CS(=O)(=O)Cc1nc(C(C)(C)C)no1)C1CC1. The topological polar surface area (TPSA) is 93.4 Å². The maximum Gasteiger partial charge on any atom is 0.241 e. The largest absolute Gasteiger partial charge is 0.339 e. The molecule has 1 heterocycles. The van der Waals surface area contributed by atoms with Gasteiger partial charge < -0.3 is 9.42 Å². The molecule has 0 unspecified atom stereocenters. The highest BCUT2D eigenvalue weighted by atomic mass is 32.2. The van der Waals surface area contributed by atoms with Crippen molar-refractivity contribution in [1.29, 1.82) is 0 Å². The van der Waals surface area contributed by atoms with Crippen molar-refractivity contribution < 1.29 is 17.7 Å². The fourth-order valence-corrected chi connectivity index (χ4v) is 3.29. The van der Waals surface area contributed by atoms with E-state index < -0.39 is 21.3 Å². The van der Waals surface area contributed by atoms with Crippen LogP contribution in [0.25, 0.3) is 0 Å². The summed E-state index contributed by atoms with van der Waals surface area (Å²) in [6.07, 6.45) is 1.91. The van der Waals surface area contributed by atoms with E-state index >= 15 is 0 Å². The molecule has 0 N–H and O–H groups in total. The Morgan fingerprint density at radius 1 is 1.36 bits per heavy atom. The van der Waals surface area contributed by atoms with Crippen LogP contribution in [0, 0.1) is 0 Å². The van der Waals surface area contributed by atoms with Gasteiger partial charge in [0, 0.05) is 18.0 Å². The smallest absolute Gasteiger partial charge is 0.241 e.